The lowest BCUT2D eigenvalue weighted by molar-refractivity contribution is -0.155. The molecule has 1 aliphatic heterocycles. The van der Waals surface area contributed by atoms with Crippen molar-refractivity contribution >= 4 is 11.9 Å². The predicted molar refractivity (Wildman–Crippen MR) is 73.8 cm³/mol. The summed E-state index contributed by atoms with van der Waals surface area (Å²) in [4.78, 5) is 27.1. The maximum absolute atomic E-state index is 11.6. The van der Waals surface area contributed by atoms with Crippen LogP contribution in [0.3, 0.4) is 0 Å². The van der Waals surface area contributed by atoms with E-state index in [9.17, 15) is 9.59 Å². The summed E-state index contributed by atoms with van der Waals surface area (Å²) in [7, 11) is 0. The van der Waals surface area contributed by atoms with Gasteiger partial charge in [0.15, 0.2) is 0 Å². The Kier molecular flexibility index (Phi) is 5.79. The summed E-state index contributed by atoms with van der Waals surface area (Å²) >= 11 is 0. The Bertz CT molecular complexity index is 323. The summed E-state index contributed by atoms with van der Waals surface area (Å²) in [5.41, 5.74) is -0.415. The maximum atomic E-state index is 11.6. The zero-order valence-corrected chi connectivity index (χ0v) is 12.6. The standard InChI is InChI=1S/C14H26N2O3/c1-12(17)16-8-5-7-15(10-11-16)9-6-13(18)19-14(2,3)4/h5-11H2,1-4H3. The molecule has 19 heavy (non-hydrogen) atoms. The van der Waals surface area contributed by atoms with Crippen LogP contribution in [0.15, 0.2) is 0 Å². The largest absolute Gasteiger partial charge is 0.460 e. The van der Waals surface area contributed by atoms with Crippen LogP contribution in [0.2, 0.25) is 0 Å². The second-order valence-electron chi connectivity index (χ2n) is 6.04. The van der Waals surface area contributed by atoms with Crippen LogP contribution >= 0.6 is 0 Å². The average Bonchev–Trinajstić information content (AvgIpc) is 2.49. The minimum absolute atomic E-state index is 0.133. The fourth-order valence-corrected chi connectivity index (χ4v) is 2.15. The van der Waals surface area contributed by atoms with Gasteiger partial charge in [0.2, 0.25) is 5.91 Å². The fourth-order valence-electron chi connectivity index (χ4n) is 2.15. The smallest absolute Gasteiger partial charge is 0.307 e. The van der Waals surface area contributed by atoms with E-state index < -0.39 is 5.60 Å². The highest BCUT2D eigenvalue weighted by Crippen LogP contribution is 2.09. The molecule has 1 fully saturated rings. The number of hydrogen-bond acceptors (Lipinski definition) is 4. The van der Waals surface area contributed by atoms with Crippen LogP contribution < -0.4 is 0 Å². The maximum Gasteiger partial charge on any atom is 0.307 e. The number of esters is 1. The molecule has 5 nitrogen and oxygen atoms in total. The van der Waals surface area contributed by atoms with Crippen LogP contribution in [0.1, 0.15) is 40.5 Å². The Morgan fingerprint density at radius 2 is 1.79 bits per heavy atom. The first-order chi connectivity index (χ1) is 8.78. The van der Waals surface area contributed by atoms with Crippen molar-refractivity contribution in [2.45, 2.75) is 46.1 Å². The molecule has 0 aliphatic carbocycles. The van der Waals surface area contributed by atoms with E-state index in [-0.39, 0.29) is 11.9 Å². The Labute approximate surface area is 115 Å². The number of rotatable bonds is 3. The van der Waals surface area contributed by atoms with Crippen LogP contribution in [0.25, 0.3) is 0 Å². The molecular weight excluding hydrogens is 244 g/mol. The summed E-state index contributed by atoms with van der Waals surface area (Å²) in [5.74, 6) is -0.0193. The molecule has 0 aromatic rings. The molecule has 0 bridgehead atoms. The van der Waals surface area contributed by atoms with Gasteiger partial charge in [-0.25, -0.2) is 0 Å². The molecule has 5 heteroatoms. The zero-order chi connectivity index (χ0) is 14.5. The van der Waals surface area contributed by atoms with Gasteiger partial charge in [0.25, 0.3) is 0 Å². The van der Waals surface area contributed by atoms with Crippen LogP contribution in [0.5, 0.6) is 0 Å². The Morgan fingerprint density at radius 1 is 1.11 bits per heavy atom. The molecule has 1 rings (SSSR count). The van der Waals surface area contributed by atoms with E-state index in [0.717, 1.165) is 32.6 Å². The van der Waals surface area contributed by atoms with Crippen molar-refractivity contribution in [1.82, 2.24) is 9.80 Å². The third-order valence-electron chi connectivity index (χ3n) is 3.09. The van der Waals surface area contributed by atoms with Crippen molar-refractivity contribution in [3.63, 3.8) is 0 Å². The van der Waals surface area contributed by atoms with Gasteiger partial charge < -0.3 is 14.5 Å². The van der Waals surface area contributed by atoms with E-state index in [0.29, 0.717) is 13.0 Å². The average molecular weight is 270 g/mol. The van der Waals surface area contributed by atoms with Gasteiger partial charge >= 0.3 is 5.97 Å². The predicted octanol–water partition coefficient (Wildman–Crippen LogP) is 1.27. The number of nitrogens with zero attached hydrogens (tertiary/aromatic N) is 2. The van der Waals surface area contributed by atoms with Gasteiger partial charge in [-0.2, -0.15) is 0 Å². The minimum Gasteiger partial charge on any atom is -0.460 e. The van der Waals surface area contributed by atoms with Gasteiger partial charge in [0, 0.05) is 33.1 Å². The molecule has 0 spiro atoms. The monoisotopic (exact) mass is 270 g/mol. The lowest BCUT2D eigenvalue weighted by atomic mass is 10.2. The molecular formula is C14H26N2O3. The third kappa shape index (κ3) is 6.57. The summed E-state index contributed by atoms with van der Waals surface area (Å²) in [6.07, 6.45) is 1.38. The molecule has 110 valence electrons. The molecule has 0 atom stereocenters. The second-order valence-corrected chi connectivity index (χ2v) is 6.04. The normalized spacial score (nSPS) is 18.0. The Balaban J connectivity index is 2.30. The molecule has 1 saturated heterocycles. The number of carbonyl (C=O) groups is 2. The molecule has 0 aromatic carbocycles. The van der Waals surface area contributed by atoms with Gasteiger partial charge in [-0.3, -0.25) is 9.59 Å². The SMILES string of the molecule is CC(=O)N1CCCN(CCC(=O)OC(C)(C)C)CC1. The number of carbonyl (C=O) groups excluding carboxylic acids is 2. The number of hydrogen-bond donors (Lipinski definition) is 0. The van der Waals surface area contributed by atoms with Crippen molar-refractivity contribution in [2.75, 3.05) is 32.7 Å². The molecule has 1 heterocycles. The topological polar surface area (TPSA) is 49.9 Å². The summed E-state index contributed by atoms with van der Waals surface area (Å²) in [6, 6.07) is 0. The van der Waals surface area contributed by atoms with Gasteiger partial charge in [0.1, 0.15) is 5.60 Å². The van der Waals surface area contributed by atoms with Gasteiger partial charge in [-0.15, -0.1) is 0 Å². The molecule has 1 amide bonds. The number of amides is 1. The summed E-state index contributed by atoms with van der Waals surface area (Å²) in [6.45, 7) is 11.3. The van der Waals surface area contributed by atoms with Crippen molar-refractivity contribution in [2.24, 2.45) is 0 Å². The van der Waals surface area contributed by atoms with E-state index in [1.165, 1.54) is 0 Å². The Hall–Kier alpha value is -1.10. The Morgan fingerprint density at radius 3 is 2.37 bits per heavy atom. The first kappa shape index (κ1) is 16.0. The highest BCUT2D eigenvalue weighted by atomic mass is 16.6. The van der Waals surface area contributed by atoms with Crippen LogP contribution in [-0.2, 0) is 14.3 Å². The first-order valence-electron chi connectivity index (χ1n) is 6.97. The lowest BCUT2D eigenvalue weighted by Gasteiger charge is -2.23. The fraction of sp³-hybridized carbons (Fsp3) is 0.857. The van der Waals surface area contributed by atoms with Gasteiger partial charge in [-0.1, -0.05) is 0 Å². The van der Waals surface area contributed by atoms with E-state index >= 15 is 0 Å². The second kappa shape index (κ2) is 6.89. The van der Waals surface area contributed by atoms with Crippen LogP contribution in [-0.4, -0.2) is 60.0 Å². The molecule has 0 saturated carbocycles. The molecule has 0 unspecified atom stereocenters. The van der Waals surface area contributed by atoms with Crippen molar-refractivity contribution in [3.05, 3.63) is 0 Å². The molecule has 0 aromatic heterocycles. The van der Waals surface area contributed by atoms with E-state index in [4.69, 9.17) is 4.74 Å². The number of ether oxygens (including phenoxy) is 1. The third-order valence-corrected chi connectivity index (χ3v) is 3.09. The van der Waals surface area contributed by atoms with E-state index in [1.807, 2.05) is 25.7 Å². The van der Waals surface area contributed by atoms with Crippen LogP contribution in [0, 0.1) is 0 Å². The van der Waals surface area contributed by atoms with Crippen molar-refractivity contribution in [1.29, 1.82) is 0 Å². The highest BCUT2D eigenvalue weighted by molar-refractivity contribution is 5.73. The highest BCUT2D eigenvalue weighted by Gasteiger charge is 2.19. The first-order valence-corrected chi connectivity index (χ1v) is 6.97. The zero-order valence-electron chi connectivity index (χ0n) is 12.6. The summed E-state index contributed by atoms with van der Waals surface area (Å²) < 4.78 is 5.29. The lowest BCUT2D eigenvalue weighted by Crippen LogP contribution is -2.35. The molecule has 0 N–H and O–H groups in total. The summed E-state index contributed by atoms with van der Waals surface area (Å²) in [5, 5.41) is 0. The van der Waals surface area contributed by atoms with E-state index in [2.05, 4.69) is 4.90 Å². The minimum atomic E-state index is -0.415. The van der Waals surface area contributed by atoms with Crippen molar-refractivity contribution in [3.8, 4) is 0 Å². The molecule has 1 aliphatic rings. The van der Waals surface area contributed by atoms with Crippen molar-refractivity contribution < 1.29 is 14.3 Å². The van der Waals surface area contributed by atoms with E-state index in [1.54, 1.807) is 6.92 Å². The van der Waals surface area contributed by atoms with Gasteiger partial charge in [-0.05, 0) is 33.7 Å². The van der Waals surface area contributed by atoms with Gasteiger partial charge in [0.05, 0.1) is 6.42 Å². The molecule has 0 radical (unpaired) electrons. The quantitative estimate of drug-likeness (QED) is 0.725. The van der Waals surface area contributed by atoms with Crippen LogP contribution in [0.4, 0.5) is 0 Å².